The van der Waals surface area contributed by atoms with Crippen LogP contribution in [-0.2, 0) is 16.1 Å². The second-order valence-electron chi connectivity index (χ2n) is 8.60. The second-order valence-corrected chi connectivity index (χ2v) is 8.60. The molecule has 0 unspecified atom stereocenters. The van der Waals surface area contributed by atoms with Crippen LogP contribution in [0.1, 0.15) is 41.6 Å². The molecule has 2 aromatic carbocycles. The molecule has 0 saturated carbocycles. The average Bonchev–Trinajstić information content (AvgIpc) is 3.09. The number of nitrogens with zero attached hydrogens (tertiary/aromatic N) is 1. The first-order chi connectivity index (χ1) is 15.8. The molecule has 9 heteroatoms. The lowest BCUT2D eigenvalue weighted by molar-refractivity contribution is -0.144. The molecule has 3 aliphatic rings. The van der Waals surface area contributed by atoms with Gasteiger partial charge in [0, 0.05) is 17.5 Å². The van der Waals surface area contributed by atoms with Gasteiger partial charge < -0.3 is 24.2 Å². The number of benzene rings is 2. The van der Waals surface area contributed by atoms with Crippen LogP contribution in [0.15, 0.2) is 44.9 Å². The number of ether oxygens (including phenoxy) is 2. The Morgan fingerprint density at radius 1 is 1.24 bits per heavy atom. The summed E-state index contributed by atoms with van der Waals surface area (Å²) in [6.07, 6.45) is 0.832. The molecule has 33 heavy (non-hydrogen) atoms. The molecular formula is C24H19NO8. The SMILES string of the molecule is COC(=O)C[C@@]12CCCC(O)=C1C(=O)c1c(O)cc3c(c1O2)-c1cccc2c(=O)on(c12)C3. The number of fused-ring (bicyclic) bond motifs is 5. The number of allylic oxidation sites excluding steroid dienone is 1. The molecule has 1 aromatic heterocycles. The number of phenols is 1. The molecular weight excluding hydrogens is 430 g/mol. The number of esters is 1. The van der Waals surface area contributed by atoms with Crippen molar-refractivity contribution in [3.63, 3.8) is 0 Å². The monoisotopic (exact) mass is 449 g/mol. The maximum Gasteiger partial charge on any atom is 0.365 e. The Hall–Kier alpha value is -4.01. The van der Waals surface area contributed by atoms with E-state index in [1.54, 1.807) is 18.2 Å². The first-order valence-corrected chi connectivity index (χ1v) is 10.6. The molecule has 0 fully saturated rings. The van der Waals surface area contributed by atoms with Crippen molar-refractivity contribution in [1.29, 1.82) is 0 Å². The molecule has 3 aromatic rings. The fraction of sp³-hybridized carbons (Fsp3) is 0.292. The quantitative estimate of drug-likeness (QED) is 0.447. The van der Waals surface area contributed by atoms with Gasteiger partial charge in [0.25, 0.3) is 0 Å². The van der Waals surface area contributed by atoms with Gasteiger partial charge in [0.05, 0.1) is 36.6 Å². The van der Waals surface area contributed by atoms with Gasteiger partial charge in [0.1, 0.15) is 22.8 Å². The number of aromatic nitrogens is 1. The van der Waals surface area contributed by atoms with E-state index in [4.69, 9.17) is 14.0 Å². The molecule has 0 bridgehead atoms. The van der Waals surface area contributed by atoms with Crippen LogP contribution >= 0.6 is 0 Å². The van der Waals surface area contributed by atoms with E-state index >= 15 is 0 Å². The van der Waals surface area contributed by atoms with Gasteiger partial charge in [-0.15, -0.1) is 0 Å². The van der Waals surface area contributed by atoms with Crippen molar-refractivity contribution in [2.24, 2.45) is 0 Å². The molecule has 0 amide bonds. The number of Topliss-reactive ketones (excluding diaryl/α,β-unsaturated/α-hetero) is 1. The van der Waals surface area contributed by atoms with E-state index in [2.05, 4.69) is 0 Å². The molecule has 1 aliphatic carbocycles. The van der Waals surface area contributed by atoms with Crippen molar-refractivity contribution in [3.8, 4) is 22.6 Å². The first kappa shape index (κ1) is 19.7. The van der Waals surface area contributed by atoms with Crippen LogP contribution in [0.4, 0.5) is 0 Å². The molecule has 168 valence electrons. The van der Waals surface area contributed by atoms with Gasteiger partial charge in [-0.05, 0) is 30.5 Å². The molecule has 0 radical (unpaired) electrons. The number of rotatable bonds is 2. The topological polar surface area (TPSA) is 128 Å². The maximum absolute atomic E-state index is 13.7. The summed E-state index contributed by atoms with van der Waals surface area (Å²) in [6.45, 7) is 0.154. The fourth-order valence-corrected chi connectivity index (χ4v) is 5.41. The van der Waals surface area contributed by atoms with E-state index in [9.17, 15) is 24.6 Å². The highest BCUT2D eigenvalue weighted by Gasteiger charge is 2.52. The Bertz CT molecular complexity index is 1490. The number of aliphatic hydroxyl groups excluding tert-OH is 1. The van der Waals surface area contributed by atoms with E-state index < -0.39 is 23.0 Å². The number of hydrogen-bond donors (Lipinski definition) is 2. The van der Waals surface area contributed by atoms with Gasteiger partial charge in [0.15, 0.2) is 5.60 Å². The Morgan fingerprint density at radius 2 is 2.06 bits per heavy atom. The van der Waals surface area contributed by atoms with E-state index in [-0.39, 0.29) is 47.8 Å². The summed E-state index contributed by atoms with van der Waals surface area (Å²) in [4.78, 5) is 38.3. The molecule has 2 aliphatic heterocycles. The zero-order valence-corrected chi connectivity index (χ0v) is 17.6. The lowest BCUT2D eigenvalue weighted by Gasteiger charge is -2.43. The van der Waals surface area contributed by atoms with Crippen LogP contribution in [0.25, 0.3) is 22.0 Å². The van der Waals surface area contributed by atoms with E-state index in [0.717, 1.165) is 0 Å². The number of phenolic OH excluding ortho intramolecular Hbond substituents is 1. The highest BCUT2D eigenvalue weighted by Crippen LogP contribution is 2.54. The highest BCUT2D eigenvalue weighted by atomic mass is 16.5. The predicted octanol–water partition coefficient (Wildman–Crippen LogP) is 3.20. The lowest BCUT2D eigenvalue weighted by atomic mass is 9.73. The molecule has 9 nitrogen and oxygen atoms in total. The van der Waals surface area contributed by atoms with Gasteiger partial charge in [-0.25, -0.2) is 9.53 Å². The molecule has 3 heterocycles. The number of aliphatic hydroxyl groups is 1. The van der Waals surface area contributed by atoms with Crippen molar-refractivity contribution in [3.05, 3.63) is 57.1 Å². The third kappa shape index (κ3) is 2.50. The smallest absolute Gasteiger partial charge is 0.365 e. The molecule has 6 rings (SSSR count). The number of hydrogen-bond acceptors (Lipinski definition) is 8. The summed E-state index contributed by atoms with van der Waals surface area (Å²) in [7, 11) is 1.25. The van der Waals surface area contributed by atoms with E-state index in [1.807, 2.05) is 0 Å². The van der Waals surface area contributed by atoms with Gasteiger partial charge in [-0.2, -0.15) is 0 Å². The third-order valence-corrected chi connectivity index (χ3v) is 6.77. The Balaban J connectivity index is 1.67. The third-order valence-electron chi connectivity index (χ3n) is 6.77. The van der Waals surface area contributed by atoms with Crippen LogP contribution in [0.2, 0.25) is 0 Å². The number of carbonyl (C=O) groups excluding carboxylic acids is 2. The van der Waals surface area contributed by atoms with Gasteiger partial charge >= 0.3 is 11.6 Å². The zero-order valence-electron chi connectivity index (χ0n) is 17.6. The molecule has 0 spiro atoms. The van der Waals surface area contributed by atoms with Crippen LogP contribution < -0.4 is 10.4 Å². The number of ketones is 1. The standard InChI is InChI=1S/C24H19NO8/c1-31-16(28)9-24-7-3-6-14(26)19(24)21(29)18-15(27)8-11-10-25-20-12(17(11)22(18)32-24)4-2-5-13(20)23(30)33-25/h2,4-5,8,26-27H,3,6-7,9-10H2,1H3/t24-/m0/s1. The summed E-state index contributed by atoms with van der Waals surface area (Å²) in [6, 6.07) is 6.60. The minimum absolute atomic E-state index is 0.0175. The highest BCUT2D eigenvalue weighted by molar-refractivity contribution is 6.17. The van der Waals surface area contributed by atoms with Gasteiger partial charge in [-0.3, -0.25) is 9.59 Å². The minimum atomic E-state index is -1.41. The molecule has 0 saturated heterocycles. The average molecular weight is 449 g/mol. The Labute approximate surface area is 186 Å². The first-order valence-electron chi connectivity index (χ1n) is 10.6. The second kappa shape index (κ2) is 6.50. The van der Waals surface area contributed by atoms with Crippen molar-refractivity contribution < 1.29 is 33.8 Å². The molecule has 1 atom stereocenters. The Kier molecular flexibility index (Phi) is 3.87. The molecule has 2 N–H and O–H groups in total. The largest absolute Gasteiger partial charge is 0.512 e. The van der Waals surface area contributed by atoms with Crippen LogP contribution in [0, 0.1) is 0 Å². The summed E-state index contributed by atoms with van der Waals surface area (Å²) in [5.74, 6) is -1.50. The summed E-state index contributed by atoms with van der Waals surface area (Å²) < 4.78 is 18.1. The van der Waals surface area contributed by atoms with Crippen molar-refractivity contribution in [2.45, 2.75) is 37.8 Å². The van der Waals surface area contributed by atoms with E-state index in [0.29, 0.717) is 40.4 Å². The summed E-state index contributed by atoms with van der Waals surface area (Å²) >= 11 is 0. The van der Waals surface area contributed by atoms with Crippen LogP contribution in [0.5, 0.6) is 11.5 Å². The zero-order chi connectivity index (χ0) is 23.1. The van der Waals surface area contributed by atoms with Crippen LogP contribution in [-0.4, -0.2) is 39.4 Å². The van der Waals surface area contributed by atoms with Gasteiger partial charge in [-0.1, -0.05) is 12.1 Å². The number of aromatic hydroxyl groups is 1. The lowest BCUT2D eigenvalue weighted by Crippen LogP contribution is -2.49. The van der Waals surface area contributed by atoms with Crippen molar-refractivity contribution in [2.75, 3.05) is 7.11 Å². The predicted molar refractivity (Wildman–Crippen MR) is 115 cm³/mol. The number of para-hydroxylation sites is 1. The summed E-state index contributed by atoms with van der Waals surface area (Å²) in [5, 5.41) is 21.8. The number of methoxy groups -OCH3 is 1. The van der Waals surface area contributed by atoms with Gasteiger partial charge in [0.2, 0.25) is 5.78 Å². The summed E-state index contributed by atoms with van der Waals surface area (Å²) in [5.41, 5.74) is 0.334. The minimum Gasteiger partial charge on any atom is -0.512 e. The van der Waals surface area contributed by atoms with E-state index in [1.165, 1.54) is 17.9 Å². The van der Waals surface area contributed by atoms with Crippen molar-refractivity contribution >= 4 is 22.7 Å². The van der Waals surface area contributed by atoms with Crippen molar-refractivity contribution in [1.82, 2.24) is 4.74 Å². The van der Waals surface area contributed by atoms with Crippen LogP contribution in [0.3, 0.4) is 0 Å². The fourth-order valence-electron chi connectivity index (χ4n) is 5.41. The maximum atomic E-state index is 13.7. The normalized spacial score (nSPS) is 20.7. The Morgan fingerprint density at radius 3 is 2.85 bits per heavy atom. The number of carbonyl (C=O) groups is 2.